The lowest BCUT2D eigenvalue weighted by atomic mass is 9.95. The van der Waals surface area contributed by atoms with E-state index < -0.39 is 18.0 Å². The Morgan fingerprint density at radius 1 is 1.11 bits per heavy atom. The van der Waals surface area contributed by atoms with Gasteiger partial charge in [-0.2, -0.15) is 5.10 Å². The number of esters is 1. The second-order valence-corrected chi connectivity index (χ2v) is 10.1. The molecule has 1 heterocycles. The van der Waals surface area contributed by atoms with Crippen molar-refractivity contribution in [3.63, 3.8) is 0 Å². The van der Waals surface area contributed by atoms with Crippen molar-refractivity contribution >= 4 is 51.9 Å². The van der Waals surface area contributed by atoms with Gasteiger partial charge >= 0.3 is 5.97 Å². The number of fused-ring (bicyclic) bond motifs is 1. The van der Waals surface area contributed by atoms with Crippen LogP contribution >= 0.6 is 22.9 Å². The van der Waals surface area contributed by atoms with Crippen molar-refractivity contribution < 1.29 is 23.9 Å². The lowest BCUT2D eigenvalue weighted by molar-refractivity contribution is -0.127. The highest BCUT2D eigenvalue weighted by Crippen LogP contribution is 2.38. The molecule has 2 amide bonds. The van der Waals surface area contributed by atoms with Crippen LogP contribution in [0.5, 0.6) is 5.75 Å². The number of hydrogen-bond acceptors (Lipinski definition) is 7. The zero-order chi connectivity index (χ0) is 27.1. The number of carbonyl (C=O) groups is 3. The number of nitrogens with one attached hydrogen (secondary N) is 2. The average Bonchev–Trinajstić information content (AvgIpc) is 3.28. The summed E-state index contributed by atoms with van der Waals surface area (Å²) in [4.78, 5) is 39.1. The van der Waals surface area contributed by atoms with Crippen molar-refractivity contribution in [1.29, 1.82) is 0 Å². The van der Waals surface area contributed by atoms with Gasteiger partial charge in [0.2, 0.25) is 0 Å². The highest BCUT2D eigenvalue weighted by Gasteiger charge is 2.27. The van der Waals surface area contributed by atoms with Crippen LogP contribution in [0.1, 0.15) is 63.4 Å². The van der Waals surface area contributed by atoms with E-state index in [1.807, 2.05) is 6.07 Å². The molecule has 2 aromatic carbocycles. The maximum atomic E-state index is 13.0. The monoisotopic (exact) mass is 553 g/mol. The normalized spacial score (nSPS) is 13.4. The highest BCUT2D eigenvalue weighted by atomic mass is 35.5. The number of rotatable bonds is 9. The Kier molecular flexibility index (Phi) is 9.15. The number of anilines is 1. The van der Waals surface area contributed by atoms with Crippen LogP contribution < -0.4 is 15.5 Å². The van der Waals surface area contributed by atoms with Crippen LogP contribution in [0.2, 0.25) is 5.02 Å². The van der Waals surface area contributed by atoms with Gasteiger partial charge in [-0.05, 0) is 75.4 Å². The van der Waals surface area contributed by atoms with Crippen LogP contribution in [0.4, 0.5) is 5.00 Å². The summed E-state index contributed by atoms with van der Waals surface area (Å²) in [5.74, 6) is -0.781. The Hall–Kier alpha value is -3.69. The topological polar surface area (TPSA) is 106 Å². The zero-order valence-corrected chi connectivity index (χ0v) is 22.7. The first-order chi connectivity index (χ1) is 18.4. The van der Waals surface area contributed by atoms with Crippen LogP contribution in [0, 0.1) is 0 Å². The lowest BCUT2D eigenvalue weighted by Gasteiger charge is -2.13. The fourth-order valence-corrected chi connectivity index (χ4v) is 5.48. The van der Waals surface area contributed by atoms with Crippen molar-refractivity contribution in [2.45, 2.75) is 45.6 Å². The number of thiophene rings is 1. The molecule has 0 unspecified atom stereocenters. The van der Waals surface area contributed by atoms with Crippen molar-refractivity contribution in [2.75, 3.05) is 11.9 Å². The summed E-state index contributed by atoms with van der Waals surface area (Å²) in [7, 11) is 0. The largest absolute Gasteiger partial charge is 0.481 e. The molecule has 0 saturated heterocycles. The zero-order valence-electron chi connectivity index (χ0n) is 21.1. The number of aryl methyl sites for hydroxylation is 1. The SMILES string of the molecule is CCOC(=O)c1c(NC(=O)c2ccc(O[C@H](C)C(=O)N/N=C\c3ccccc3Cl)cc2)sc2c1CCCC2. The minimum Gasteiger partial charge on any atom is -0.481 e. The molecule has 10 heteroatoms. The summed E-state index contributed by atoms with van der Waals surface area (Å²) >= 11 is 7.51. The molecule has 1 aromatic heterocycles. The summed E-state index contributed by atoms with van der Waals surface area (Å²) in [5.41, 5.74) is 4.95. The Balaban J connectivity index is 1.37. The predicted molar refractivity (Wildman–Crippen MR) is 149 cm³/mol. The second-order valence-electron chi connectivity index (χ2n) is 8.63. The van der Waals surface area contributed by atoms with Gasteiger partial charge in [-0.15, -0.1) is 11.3 Å². The lowest BCUT2D eigenvalue weighted by Crippen LogP contribution is -2.33. The molecule has 0 bridgehead atoms. The van der Waals surface area contributed by atoms with Gasteiger partial charge < -0.3 is 14.8 Å². The third kappa shape index (κ3) is 6.59. The Morgan fingerprint density at radius 2 is 1.84 bits per heavy atom. The van der Waals surface area contributed by atoms with Crippen LogP contribution in [-0.2, 0) is 22.4 Å². The van der Waals surface area contributed by atoms with Crippen molar-refractivity contribution in [3.05, 3.63) is 80.7 Å². The summed E-state index contributed by atoms with van der Waals surface area (Å²) in [5, 5.41) is 7.85. The molecule has 1 aliphatic rings. The van der Waals surface area contributed by atoms with Crippen molar-refractivity contribution in [1.82, 2.24) is 5.43 Å². The molecule has 1 atom stereocenters. The number of amides is 2. The molecular formula is C28H28ClN3O5S. The Morgan fingerprint density at radius 3 is 2.58 bits per heavy atom. The van der Waals surface area contributed by atoms with E-state index in [9.17, 15) is 14.4 Å². The van der Waals surface area contributed by atoms with Crippen molar-refractivity contribution in [2.24, 2.45) is 5.10 Å². The van der Waals surface area contributed by atoms with Crippen LogP contribution in [0.3, 0.4) is 0 Å². The number of hydrogen-bond donors (Lipinski definition) is 2. The number of nitrogens with zero attached hydrogens (tertiary/aromatic N) is 1. The number of halogens is 1. The van der Waals surface area contributed by atoms with E-state index in [1.165, 1.54) is 17.6 Å². The minimum atomic E-state index is -0.831. The molecule has 0 radical (unpaired) electrons. The molecular weight excluding hydrogens is 526 g/mol. The molecule has 38 heavy (non-hydrogen) atoms. The number of carbonyl (C=O) groups excluding carboxylic acids is 3. The van der Waals surface area contributed by atoms with Gasteiger partial charge in [-0.1, -0.05) is 29.8 Å². The molecule has 4 rings (SSSR count). The molecule has 0 saturated carbocycles. The van der Waals surface area contributed by atoms with E-state index >= 15 is 0 Å². The Bertz CT molecular complexity index is 1350. The molecule has 0 aliphatic heterocycles. The van der Waals surface area contributed by atoms with Crippen LogP contribution in [-0.4, -0.2) is 36.7 Å². The number of ether oxygens (including phenoxy) is 2. The quantitative estimate of drug-likeness (QED) is 0.203. The van der Waals surface area contributed by atoms with Crippen LogP contribution in [0.25, 0.3) is 0 Å². The van der Waals surface area contributed by atoms with Crippen LogP contribution in [0.15, 0.2) is 53.6 Å². The van der Waals surface area contributed by atoms with E-state index in [0.717, 1.165) is 36.1 Å². The van der Waals surface area contributed by atoms with E-state index in [-0.39, 0.29) is 12.5 Å². The second kappa shape index (κ2) is 12.7. The molecule has 198 valence electrons. The molecule has 1 aliphatic carbocycles. The third-order valence-corrected chi connectivity index (χ3v) is 7.51. The summed E-state index contributed by atoms with van der Waals surface area (Å²) < 4.78 is 10.9. The van der Waals surface area contributed by atoms with E-state index in [2.05, 4.69) is 15.8 Å². The first kappa shape index (κ1) is 27.3. The minimum absolute atomic E-state index is 0.266. The van der Waals surface area contributed by atoms with E-state index in [1.54, 1.807) is 56.3 Å². The average molecular weight is 554 g/mol. The fraction of sp³-hybridized carbons (Fsp3) is 0.286. The van der Waals surface area contributed by atoms with Crippen molar-refractivity contribution in [3.8, 4) is 5.75 Å². The maximum absolute atomic E-state index is 13.0. The van der Waals surface area contributed by atoms with Gasteiger partial charge in [0, 0.05) is 21.0 Å². The first-order valence-electron chi connectivity index (χ1n) is 12.3. The highest BCUT2D eigenvalue weighted by molar-refractivity contribution is 7.17. The van der Waals surface area contributed by atoms with Gasteiger partial charge in [0.25, 0.3) is 11.8 Å². The third-order valence-electron chi connectivity index (χ3n) is 5.96. The van der Waals surface area contributed by atoms with Gasteiger partial charge in [0.05, 0.1) is 18.4 Å². The Labute approximate surface area is 230 Å². The fourth-order valence-electron chi connectivity index (χ4n) is 4.03. The smallest absolute Gasteiger partial charge is 0.341 e. The molecule has 8 nitrogen and oxygen atoms in total. The summed E-state index contributed by atoms with van der Waals surface area (Å²) in [6, 6.07) is 13.5. The summed E-state index contributed by atoms with van der Waals surface area (Å²) in [6.07, 6.45) is 4.40. The molecule has 3 aromatic rings. The maximum Gasteiger partial charge on any atom is 0.341 e. The molecule has 2 N–H and O–H groups in total. The summed E-state index contributed by atoms with van der Waals surface area (Å²) in [6.45, 7) is 3.62. The van der Waals surface area contributed by atoms with E-state index in [0.29, 0.717) is 32.5 Å². The molecule has 0 fully saturated rings. The number of benzene rings is 2. The molecule has 0 spiro atoms. The predicted octanol–water partition coefficient (Wildman–Crippen LogP) is 5.63. The van der Waals surface area contributed by atoms with Gasteiger partial charge in [-0.25, -0.2) is 10.2 Å². The first-order valence-corrected chi connectivity index (χ1v) is 13.5. The van der Waals surface area contributed by atoms with Gasteiger partial charge in [0.15, 0.2) is 6.10 Å². The van der Waals surface area contributed by atoms with Gasteiger partial charge in [0.1, 0.15) is 10.8 Å². The standard InChI is InChI=1S/C28H28ClN3O5S/c1-3-36-28(35)24-21-9-5-7-11-23(21)38-27(24)31-26(34)18-12-14-20(15-13-18)37-17(2)25(33)32-30-16-19-8-4-6-10-22(19)29/h4,6,8,10,12-17H,3,5,7,9,11H2,1-2H3,(H,31,34)(H,32,33)/b30-16-/t17-/m1/s1. The number of hydrazone groups is 1. The van der Waals surface area contributed by atoms with E-state index in [4.69, 9.17) is 21.1 Å². The van der Waals surface area contributed by atoms with Gasteiger partial charge in [-0.3, -0.25) is 9.59 Å².